The minimum absolute atomic E-state index is 0.696. The Morgan fingerprint density at radius 3 is 1.76 bits per heavy atom. The van der Waals surface area contributed by atoms with Gasteiger partial charge in [-0.05, 0) is 54.1 Å². The average Bonchev–Trinajstić information content (AvgIpc) is 2.24. The van der Waals surface area contributed by atoms with Crippen LogP contribution in [0, 0.1) is 17.8 Å². The molecule has 0 aromatic heterocycles. The summed E-state index contributed by atoms with van der Waals surface area (Å²) in [5.74, 6) is 3.13. The Balaban J connectivity index is 3.06. The maximum Gasteiger partial charge on any atom is 0.252 e. The van der Waals surface area contributed by atoms with Gasteiger partial charge in [-0.1, -0.05) is 63.5 Å². The van der Waals surface area contributed by atoms with Gasteiger partial charge in [0.05, 0.1) is 0 Å². The van der Waals surface area contributed by atoms with Crippen molar-refractivity contribution in [3.8, 4) is 5.75 Å². The molecule has 21 heavy (non-hydrogen) atoms. The molecule has 0 fully saturated rings. The first-order chi connectivity index (χ1) is 9.72. The van der Waals surface area contributed by atoms with Gasteiger partial charge in [-0.25, -0.2) is 0 Å². The van der Waals surface area contributed by atoms with Crippen LogP contribution in [-0.4, -0.2) is 8.32 Å². The van der Waals surface area contributed by atoms with Crippen molar-refractivity contribution in [1.82, 2.24) is 0 Å². The maximum absolute atomic E-state index is 6.72. The van der Waals surface area contributed by atoms with Gasteiger partial charge in [0.15, 0.2) is 0 Å². The van der Waals surface area contributed by atoms with Crippen molar-refractivity contribution in [3.05, 3.63) is 28.7 Å². The number of hydrogen-bond donors (Lipinski definition) is 0. The molecule has 0 atom stereocenters. The van der Waals surface area contributed by atoms with E-state index in [-0.39, 0.29) is 0 Å². The van der Waals surface area contributed by atoms with Crippen molar-refractivity contribution in [2.24, 2.45) is 17.8 Å². The number of rotatable bonds is 8. The number of benzene rings is 1. The molecule has 0 heterocycles. The highest BCUT2D eigenvalue weighted by molar-refractivity contribution is 9.10. The molecule has 0 amide bonds. The second-order valence-electron chi connectivity index (χ2n) is 7.54. The number of halogens is 1. The highest BCUT2D eigenvalue weighted by Crippen LogP contribution is 2.35. The monoisotopic (exact) mass is 370 g/mol. The second kappa shape index (κ2) is 8.38. The van der Waals surface area contributed by atoms with Crippen LogP contribution in [0.15, 0.2) is 28.7 Å². The van der Waals surface area contributed by atoms with Gasteiger partial charge < -0.3 is 4.43 Å². The smallest absolute Gasteiger partial charge is 0.252 e. The molecule has 0 aliphatic heterocycles. The SMILES string of the molecule is CC(C)C[Si](CC(C)C)(CC(C)C)Oc1cccc(Br)c1. The molecule has 0 saturated carbocycles. The lowest BCUT2D eigenvalue weighted by Gasteiger charge is -2.36. The van der Waals surface area contributed by atoms with Crippen LogP contribution in [0.5, 0.6) is 5.75 Å². The van der Waals surface area contributed by atoms with Crippen LogP contribution in [0.4, 0.5) is 0 Å². The maximum atomic E-state index is 6.72. The van der Waals surface area contributed by atoms with Crippen LogP contribution in [0.2, 0.25) is 18.1 Å². The van der Waals surface area contributed by atoms with E-state index in [1.54, 1.807) is 0 Å². The summed E-state index contributed by atoms with van der Waals surface area (Å²) in [5, 5.41) is 0. The normalized spacial score (nSPS) is 12.5. The van der Waals surface area contributed by atoms with E-state index in [1.807, 2.05) is 0 Å². The fraction of sp³-hybridized carbons (Fsp3) is 0.667. The van der Waals surface area contributed by atoms with Crippen LogP contribution in [0.25, 0.3) is 0 Å². The highest BCUT2D eigenvalue weighted by Gasteiger charge is 2.39. The third-order valence-electron chi connectivity index (χ3n) is 3.47. The Kier molecular flexibility index (Phi) is 7.48. The minimum Gasteiger partial charge on any atom is -0.543 e. The molecule has 1 aromatic carbocycles. The summed E-state index contributed by atoms with van der Waals surface area (Å²) in [7, 11) is -1.77. The van der Waals surface area contributed by atoms with Gasteiger partial charge in [0.2, 0.25) is 0 Å². The van der Waals surface area contributed by atoms with Gasteiger partial charge >= 0.3 is 0 Å². The third-order valence-corrected chi connectivity index (χ3v) is 9.31. The van der Waals surface area contributed by atoms with E-state index in [9.17, 15) is 0 Å². The molecule has 0 saturated heterocycles. The van der Waals surface area contributed by atoms with E-state index in [1.165, 1.54) is 18.1 Å². The van der Waals surface area contributed by atoms with Crippen molar-refractivity contribution in [2.45, 2.75) is 59.7 Å². The van der Waals surface area contributed by atoms with Gasteiger partial charge in [-0.15, -0.1) is 0 Å². The summed E-state index contributed by atoms with van der Waals surface area (Å²) in [6, 6.07) is 12.1. The molecule has 0 spiro atoms. The first-order valence-electron chi connectivity index (χ1n) is 8.17. The molecule has 0 bridgehead atoms. The van der Waals surface area contributed by atoms with Crippen molar-refractivity contribution in [3.63, 3.8) is 0 Å². The first-order valence-corrected chi connectivity index (χ1v) is 11.5. The lowest BCUT2D eigenvalue weighted by molar-refractivity contribution is 0.474. The standard InChI is InChI=1S/C18H31BrOSi/c1-14(2)11-21(12-15(3)4,13-16(5)6)20-18-9-7-8-17(19)10-18/h7-10,14-16H,11-13H2,1-6H3. The van der Waals surface area contributed by atoms with Crippen molar-refractivity contribution in [2.75, 3.05) is 0 Å². The Morgan fingerprint density at radius 1 is 0.905 bits per heavy atom. The fourth-order valence-electron chi connectivity index (χ4n) is 3.39. The topological polar surface area (TPSA) is 9.23 Å². The average molecular weight is 371 g/mol. The van der Waals surface area contributed by atoms with Crippen molar-refractivity contribution >= 4 is 24.2 Å². The molecule has 0 aliphatic rings. The lowest BCUT2D eigenvalue weighted by atomic mass is 10.2. The molecular weight excluding hydrogens is 340 g/mol. The van der Waals surface area contributed by atoms with Crippen LogP contribution in [-0.2, 0) is 0 Å². The van der Waals surface area contributed by atoms with E-state index in [4.69, 9.17) is 4.43 Å². The zero-order valence-corrected chi connectivity index (χ0v) is 17.0. The van der Waals surface area contributed by atoms with Gasteiger partial charge in [0.1, 0.15) is 5.75 Å². The third kappa shape index (κ3) is 7.01. The first kappa shape index (κ1) is 18.8. The molecule has 1 nitrogen and oxygen atoms in total. The van der Waals surface area contributed by atoms with Crippen LogP contribution >= 0.6 is 15.9 Å². The van der Waals surface area contributed by atoms with Gasteiger partial charge in [-0.2, -0.15) is 0 Å². The minimum atomic E-state index is -1.77. The molecule has 0 unspecified atom stereocenters. The van der Waals surface area contributed by atoms with E-state index < -0.39 is 8.32 Å². The zero-order chi connectivity index (χ0) is 16.0. The Morgan fingerprint density at radius 2 is 1.38 bits per heavy atom. The lowest BCUT2D eigenvalue weighted by Crippen LogP contribution is -2.45. The Hall–Kier alpha value is -0.283. The van der Waals surface area contributed by atoms with E-state index in [0.29, 0.717) is 17.8 Å². The summed E-state index contributed by atoms with van der Waals surface area (Å²) in [4.78, 5) is 0. The fourth-order valence-corrected chi connectivity index (χ4v) is 9.61. The second-order valence-corrected chi connectivity index (χ2v) is 12.2. The molecule has 0 N–H and O–H groups in total. The van der Waals surface area contributed by atoms with Gasteiger partial charge in [0, 0.05) is 4.47 Å². The van der Waals surface area contributed by atoms with Crippen LogP contribution in [0.3, 0.4) is 0 Å². The molecule has 120 valence electrons. The molecular formula is C18H31BrOSi. The van der Waals surface area contributed by atoms with E-state index in [0.717, 1.165) is 10.2 Å². The van der Waals surface area contributed by atoms with Crippen LogP contribution < -0.4 is 4.43 Å². The molecule has 0 aliphatic carbocycles. The van der Waals surface area contributed by atoms with Gasteiger partial charge in [-0.3, -0.25) is 0 Å². The number of hydrogen-bond acceptors (Lipinski definition) is 1. The summed E-state index contributed by atoms with van der Waals surface area (Å²) >= 11 is 3.56. The molecule has 1 aromatic rings. The van der Waals surface area contributed by atoms with E-state index in [2.05, 4.69) is 81.7 Å². The summed E-state index contributed by atoms with van der Waals surface area (Å²) < 4.78 is 7.82. The Labute approximate surface area is 140 Å². The largest absolute Gasteiger partial charge is 0.543 e. The van der Waals surface area contributed by atoms with Crippen molar-refractivity contribution < 1.29 is 4.43 Å². The van der Waals surface area contributed by atoms with Crippen LogP contribution in [0.1, 0.15) is 41.5 Å². The molecule has 3 heteroatoms. The highest BCUT2D eigenvalue weighted by atomic mass is 79.9. The predicted molar refractivity (Wildman–Crippen MR) is 99.5 cm³/mol. The molecule has 0 radical (unpaired) electrons. The Bertz CT molecular complexity index is 402. The zero-order valence-electron chi connectivity index (χ0n) is 14.4. The molecule has 1 rings (SSSR count). The summed E-state index contributed by atoms with van der Waals surface area (Å²) in [5.41, 5.74) is 0. The van der Waals surface area contributed by atoms with E-state index >= 15 is 0 Å². The predicted octanol–water partition coefficient (Wildman–Crippen LogP) is 6.74. The summed E-state index contributed by atoms with van der Waals surface area (Å²) in [6.07, 6.45) is 0. The summed E-state index contributed by atoms with van der Waals surface area (Å²) in [6.45, 7) is 14.0. The van der Waals surface area contributed by atoms with Gasteiger partial charge in [0.25, 0.3) is 8.32 Å². The van der Waals surface area contributed by atoms with Crippen molar-refractivity contribution in [1.29, 1.82) is 0 Å². The quantitative estimate of drug-likeness (QED) is 0.460.